The van der Waals surface area contributed by atoms with E-state index in [1.807, 2.05) is 68.4 Å². The summed E-state index contributed by atoms with van der Waals surface area (Å²) in [6, 6.07) is 17.3. The van der Waals surface area contributed by atoms with Crippen molar-refractivity contribution in [3.63, 3.8) is 0 Å². The molecule has 1 amide bonds. The normalized spacial score (nSPS) is 14.0. The van der Waals surface area contributed by atoms with Crippen LogP contribution in [0.3, 0.4) is 0 Å². The van der Waals surface area contributed by atoms with Crippen LogP contribution in [0.4, 0.5) is 0 Å². The van der Waals surface area contributed by atoms with Gasteiger partial charge in [0, 0.05) is 42.8 Å². The molecule has 2 aromatic carbocycles. The Morgan fingerprint density at radius 1 is 1.11 bits per heavy atom. The van der Waals surface area contributed by atoms with E-state index in [1.54, 1.807) is 25.9 Å². The van der Waals surface area contributed by atoms with E-state index in [-0.39, 0.29) is 17.2 Å². The summed E-state index contributed by atoms with van der Waals surface area (Å²) in [5.74, 6) is 1.22. The highest BCUT2D eigenvalue weighted by Gasteiger charge is 2.33. The molecule has 0 radical (unpaired) electrons. The minimum atomic E-state index is -0.439. The third-order valence-corrected chi connectivity index (χ3v) is 7.87. The van der Waals surface area contributed by atoms with Gasteiger partial charge in [0.1, 0.15) is 5.75 Å². The number of amides is 1. The fourth-order valence-corrected chi connectivity index (χ4v) is 5.78. The van der Waals surface area contributed by atoms with Crippen molar-refractivity contribution in [2.24, 2.45) is 7.05 Å². The topological polar surface area (TPSA) is 82.3 Å². The van der Waals surface area contributed by atoms with Crippen molar-refractivity contribution in [3.05, 3.63) is 86.6 Å². The molecule has 186 valence electrons. The Morgan fingerprint density at radius 2 is 1.80 bits per heavy atom. The average molecular weight is 514 g/mol. The van der Waals surface area contributed by atoms with Gasteiger partial charge in [0.25, 0.3) is 5.56 Å². The van der Waals surface area contributed by atoms with Crippen LogP contribution in [0.15, 0.2) is 74.1 Å². The van der Waals surface area contributed by atoms with Crippen molar-refractivity contribution in [2.45, 2.75) is 48.5 Å². The number of fused-ring (bicyclic) bond motifs is 1. The summed E-state index contributed by atoms with van der Waals surface area (Å²) in [6.45, 7) is 4.70. The second-order valence-electron chi connectivity index (χ2n) is 7.62. The molecule has 2 heterocycles. The number of nitrogens with zero attached hydrogens (tertiary/aromatic N) is 2. The van der Waals surface area contributed by atoms with Crippen LogP contribution in [-0.2, 0) is 31.4 Å². The molecular formula is C26H31N3O4S2. The summed E-state index contributed by atoms with van der Waals surface area (Å²) in [7, 11) is 3.27. The number of hydrogen-bond acceptors (Lipinski definition) is 6. The molecular weight excluding hydrogens is 482 g/mol. The lowest BCUT2D eigenvalue weighted by Crippen LogP contribution is -2.41. The smallest absolute Gasteiger partial charge is 0.331 e. The van der Waals surface area contributed by atoms with Crippen LogP contribution in [0.5, 0.6) is 5.75 Å². The molecule has 1 unspecified atom stereocenters. The molecule has 3 aromatic rings. The number of methoxy groups -OCH3 is 1. The highest BCUT2D eigenvalue weighted by molar-refractivity contribution is 8.00. The van der Waals surface area contributed by atoms with E-state index >= 15 is 0 Å². The number of nitrogens with one attached hydrogen (secondary N) is 1. The second-order valence-corrected chi connectivity index (χ2v) is 9.98. The van der Waals surface area contributed by atoms with Gasteiger partial charge in [-0.1, -0.05) is 55.9 Å². The Kier molecular flexibility index (Phi) is 9.68. The summed E-state index contributed by atoms with van der Waals surface area (Å²) < 4.78 is 7.93. The standard InChI is InChI=1S/C24H25N3O4S2.C2H6/c1-26-23-19(22(29)27(24(26)30)12-13-32-18-6-4-3-5-7-18)14-20(33-23)21(28)25-15-16-8-10-17(31-2)11-9-16;1-2/h3-11,20H,12-15H2,1-2H3,(H,25,28);1-2H3. The maximum Gasteiger partial charge on any atom is 0.331 e. The fourth-order valence-electron chi connectivity index (χ4n) is 3.66. The molecule has 0 saturated carbocycles. The summed E-state index contributed by atoms with van der Waals surface area (Å²) in [4.78, 5) is 39.8. The van der Waals surface area contributed by atoms with Gasteiger partial charge in [-0.25, -0.2) is 4.79 Å². The molecule has 0 bridgehead atoms. The monoisotopic (exact) mass is 513 g/mol. The Balaban J connectivity index is 0.00000167. The molecule has 0 fully saturated rings. The van der Waals surface area contributed by atoms with Crippen LogP contribution in [0, 0.1) is 0 Å². The number of carbonyl (C=O) groups excluding carboxylic acids is 1. The quantitative estimate of drug-likeness (QED) is 0.365. The lowest BCUT2D eigenvalue weighted by atomic mass is 10.1. The van der Waals surface area contributed by atoms with Crippen molar-refractivity contribution < 1.29 is 9.53 Å². The molecule has 1 aliphatic rings. The van der Waals surface area contributed by atoms with E-state index in [1.165, 1.54) is 20.9 Å². The Hall–Kier alpha value is -2.91. The lowest BCUT2D eigenvalue weighted by Gasteiger charge is -2.11. The van der Waals surface area contributed by atoms with Gasteiger partial charge >= 0.3 is 5.69 Å². The summed E-state index contributed by atoms with van der Waals surface area (Å²) >= 11 is 2.88. The Bertz CT molecular complexity index is 1250. The molecule has 4 rings (SSSR count). The number of hydrogen-bond donors (Lipinski definition) is 1. The van der Waals surface area contributed by atoms with Gasteiger partial charge in [-0.05, 0) is 29.8 Å². The number of benzene rings is 2. The highest BCUT2D eigenvalue weighted by Crippen LogP contribution is 2.34. The molecule has 0 aliphatic carbocycles. The number of thioether (sulfide) groups is 2. The van der Waals surface area contributed by atoms with Crippen LogP contribution >= 0.6 is 23.5 Å². The van der Waals surface area contributed by atoms with Crippen molar-refractivity contribution in [2.75, 3.05) is 12.9 Å². The lowest BCUT2D eigenvalue weighted by molar-refractivity contribution is -0.120. The molecule has 1 atom stereocenters. The van der Waals surface area contributed by atoms with E-state index in [9.17, 15) is 14.4 Å². The molecule has 9 heteroatoms. The van der Waals surface area contributed by atoms with Crippen LogP contribution in [0.1, 0.15) is 25.0 Å². The number of carbonyl (C=O) groups is 1. The Morgan fingerprint density at radius 3 is 2.46 bits per heavy atom. The first-order valence-electron chi connectivity index (χ1n) is 11.6. The van der Waals surface area contributed by atoms with Gasteiger partial charge < -0.3 is 10.1 Å². The first kappa shape index (κ1) is 26.7. The minimum Gasteiger partial charge on any atom is -0.497 e. The summed E-state index contributed by atoms with van der Waals surface area (Å²) in [5, 5.41) is 3.08. The van der Waals surface area contributed by atoms with Crippen LogP contribution in [0.2, 0.25) is 0 Å². The third kappa shape index (κ3) is 6.41. The summed E-state index contributed by atoms with van der Waals surface area (Å²) in [5.41, 5.74) is 0.852. The van der Waals surface area contributed by atoms with Gasteiger partial charge in [-0.15, -0.1) is 11.8 Å². The molecule has 1 N–H and O–H groups in total. The van der Waals surface area contributed by atoms with E-state index in [0.717, 1.165) is 16.2 Å². The second kappa shape index (κ2) is 12.7. The van der Waals surface area contributed by atoms with Crippen molar-refractivity contribution in [1.29, 1.82) is 0 Å². The van der Waals surface area contributed by atoms with Crippen molar-refractivity contribution in [3.8, 4) is 5.75 Å². The molecule has 7 nitrogen and oxygen atoms in total. The number of ether oxygens (including phenoxy) is 1. The average Bonchev–Trinajstić information content (AvgIpc) is 3.36. The summed E-state index contributed by atoms with van der Waals surface area (Å²) in [6.07, 6.45) is 0.313. The zero-order valence-electron chi connectivity index (χ0n) is 20.4. The first-order valence-corrected chi connectivity index (χ1v) is 13.4. The largest absolute Gasteiger partial charge is 0.497 e. The molecule has 0 saturated heterocycles. The molecule has 0 spiro atoms. The number of aromatic nitrogens is 2. The van der Waals surface area contributed by atoms with Crippen LogP contribution < -0.4 is 21.3 Å². The van der Waals surface area contributed by atoms with Gasteiger partial charge in [0.2, 0.25) is 5.91 Å². The maximum atomic E-state index is 13.1. The van der Waals surface area contributed by atoms with Crippen molar-refractivity contribution in [1.82, 2.24) is 14.5 Å². The molecule has 1 aromatic heterocycles. The zero-order chi connectivity index (χ0) is 25.4. The van der Waals surface area contributed by atoms with E-state index < -0.39 is 5.25 Å². The van der Waals surface area contributed by atoms with Gasteiger partial charge in [0.05, 0.1) is 17.4 Å². The maximum absolute atomic E-state index is 13.1. The van der Waals surface area contributed by atoms with E-state index in [4.69, 9.17) is 4.74 Å². The molecule has 1 aliphatic heterocycles. The van der Waals surface area contributed by atoms with Gasteiger partial charge in [-0.3, -0.25) is 18.7 Å². The first-order chi connectivity index (χ1) is 17.0. The number of rotatable bonds is 8. The SMILES string of the molecule is CC.COc1ccc(CNC(=O)C2Cc3c(n(C)c(=O)n(CCSc4ccccc4)c3=O)S2)cc1. The minimum absolute atomic E-state index is 0.148. The predicted molar refractivity (Wildman–Crippen MR) is 143 cm³/mol. The highest BCUT2D eigenvalue weighted by atomic mass is 32.2. The van der Waals surface area contributed by atoms with Gasteiger partial charge in [0.15, 0.2) is 0 Å². The van der Waals surface area contributed by atoms with Crippen molar-refractivity contribution >= 4 is 29.4 Å². The zero-order valence-corrected chi connectivity index (χ0v) is 22.1. The third-order valence-electron chi connectivity index (χ3n) is 5.47. The Labute approximate surface area is 213 Å². The molecule has 35 heavy (non-hydrogen) atoms. The van der Waals surface area contributed by atoms with Gasteiger partial charge in [-0.2, -0.15) is 0 Å². The van der Waals surface area contributed by atoms with Crippen LogP contribution in [-0.4, -0.2) is 33.2 Å². The van der Waals surface area contributed by atoms with E-state index in [0.29, 0.717) is 35.9 Å². The fraction of sp³-hybridized carbons (Fsp3) is 0.346. The van der Waals surface area contributed by atoms with Crippen LogP contribution in [0.25, 0.3) is 0 Å². The predicted octanol–water partition coefficient (Wildman–Crippen LogP) is 3.71. The van der Waals surface area contributed by atoms with E-state index in [2.05, 4.69) is 5.32 Å².